The Kier molecular flexibility index (Phi) is 5.94. The lowest BCUT2D eigenvalue weighted by Crippen LogP contribution is -2.49. The Hall–Kier alpha value is -2.67. The second-order valence-corrected chi connectivity index (χ2v) is 7.89. The van der Waals surface area contributed by atoms with Crippen molar-refractivity contribution in [1.29, 1.82) is 0 Å². The van der Waals surface area contributed by atoms with Crippen LogP contribution < -0.4 is 9.80 Å². The summed E-state index contributed by atoms with van der Waals surface area (Å²) in [4.78, 5) is 27.9. The summed E-state index contributed by atoms with van der Waals surface area (Å²) >= 11 is 0. The van der Waals surface area contributed by atoms with E-state index in [9.17, 15) is 9.90 Å². The Morgan fingerprint density at radius 1 is 1.03 bits per heavy atom. The van der Waals surface area contributed by atoms with Crippen LogP contribution in [-0.4, -0.2) is 65.7 Å². The number of rotatable bonds is 2. The first-order valence-corrected chi connectivity index (χ1v) is 10.5. The number of amides is 1. The minimum absolute atomic E-state index is 0.0242. The highest BCUT2D eigenvalue weighted by Crippen LogP contribution is 2.32. The zero-order valence-corrected chi connectivity index (χ0v) is 17.0. The molecule has 1 amide bonds. The van der Waals surface area contributed by atoms with E-state index in [-0.39, 0.29) is 5.91 Å². The largest absolute Gasteiger partial charge is 0.388 e. The van der Waals surface area contributed by atoms with Gasteiger partial charge in [0.15, 0.2) is 0 Å². The molecule has 2 aromatic rings. The normalized spacial score (nSPS) is 20.5. The average Bonchev–Trinajstić information content (AvgIpc) is 2.84. The summed E-state index contributed by atoms with van der Waals surface area (Å²) in [5, 5.41) is 10.7. The number of fused-ring (bicyclic) bond motifs is 1. The number of aliphatic hydroxyl groups is 1. The highest BCUT2D eigenvalue weighted by Gasteiger charge is 2.25. The summed E-state index contributed by atoms with van der Waals surface area (Å²) in [6, 6.07) is 7.59. The van der Waals surface area contributed by atoms with Gasteiger partial charge in [0.2, 0.25) is 5.95 Å². The van der Waals surface area contributed by atoms with E-state index in [1.54, 1.807) is 18.5 Å². The lowest BCUT2D eigenvalue weighted by molar-refractivity contribution is 0.0746. The number of nitrogens with zero attached hydrogens (tertiary/aromatic N) is 5. The first kappa shape index (κ1) is 19.6. The Bertz CT molecular complexity index is 836. The molecule has 0 radical (unpaired) electrons. The molecule has 1 N–H and O–H groups in total. The fourth-order valence-electron chi connectivity index (χ4n) is 4.19. The number of benzene rings is 1. The molecule has 7 heteroatoms. The summed E-state index contributed by atoms with van der Waals surface area (Å²) in [6.07, 6.45) is 6.95. The Labute approximate surface area is 172 Å². The minimum atomic E-state index is -0.523. The number of piperazine rings is 1. The lowest BCUT2D eigenvalue weighted by Gasteiger charge is -2.35. The van der Waals surface area contributed by atoms with Crippen LogP contribution in [0.4, 0.5) is 11.6 Å². The van der Waals surface area contributed by atoms with Gasteiger partial charge in [0, 0.05) is 69.0 Å². The van der Waals surface area contributed by atoms with Gasteiger partial charge in [-0.1, -0.05) is 12.8 Å². The standard InChI is InChI=1S/C22H29N5O2/c1-25-11-4-2-3-6-20(28)18-16-17(7-8-19(18)25)21(29)26-12-14-27(15-13-26)22-23-9-5-10-24-22/h5,7-10,16,20,28H,2-4,6,11-15H2,1H3. The average molecular weight is 396 g/mol. The van der Waals surface area contributed by atoms with Gasteiger partial charge in [0.25, 0.3) is 5.91 Å². The zero-order chi connectivity index (χ0) is 20.2. The Morgan fingerprint density at radius 3 is 2.55 bits per heavy atom. The van der Waals surface area contributed by atoms with Gasteiger partial charge in [-0.15, -0.1) is 0 Å². The predicted molar refractivity (Wildman–Crippen MR) is 113 cm³/mol. The summed E-state index contributed by atoms with van der Waals surface area (Å²) in [7, 11) is 2.06. The molecule has 2 aliphatic heterocycles. The molecule has 7 nitrogen and oxygen atoms in total. The maximum atomic E-state index is 13.1. The van der Waals surface area contributed by atoms with Crippen LogP contribution in [0.5, 0.6) is 0 Å². The second kappa shape index (κ2) is 8.78. The van der Waals surface area contributed by atoms with Gasteiger partial charge in [-0.2, -0.15) is 0 Å². The molecule has 3 heterocycles. The third-order valence-electron chi connectivity index (χ3n) is 5.92. The van der Waals surface area contributed by atoms with E-state index in [4.69, 9.17) is 0 Å². The Morgan fingerprint density at radius 2 is 1.79 bits per heavy atom. The number of hydrogen-bond acceptors (Lipinski definition) is 6. The summed E-state index contributed by atoms with van der Waals surface area (Å²) in [6.45, 7) is 3.67. The van der Waals surface area contributed by atoms with Gasteiger partial charge in [-0.05, 0) is 37.1 Å². The molecule has 0 aliphatic carbocycles. The first-order valence-electron chi connectivity index (χ1n) is 10.5. The number of hydrogen-bond donors (Lipinski definition) is 1. The highest BCUT2D eigenvalue weighted by atomic mass is 16.3. The fraction of sp³-hybridized carbons (Fsp3) is 0.500. The van der Waals surface area contributed by atoms with Gasteiger partial charge in [0.1, 0.15) is 0 Å². The molecule has 1 saturated heterocycles. The summed E-state index contributed by atoms with van der Waals surface area (Å²) in [5.41, 5.74) is 2.55. The molecular formula is C22H29N5O2. The molecular weight excluding hydrogens is 366 g/mol. The third-order valence-corrected chi connectivity index (χ3v) is 5.92. The number of aliphatic hydroxyl groups excluding tert-OH is 1. The number of carbonyl (C=O) groups excluding carboxylic acids is 1. The topological polar surface area (TPSA) is 72.8 Å². The van der Waals surface area contributed by atoms with E-state index in [1.807, 2.05) is 23.1 Å². The van der Waals surface area contributed by atoms with Crippen LogP contribution in [0.1, 0.15) is 47.7 Å². The molecule has 4 rings (SSSR count). The van der Waals surface area contributed by atoms with Crippen LogP contribution in [0.25, 0.3) is 0 Å². The molecule has 2 aliphatic rings. The van der Waals surface area contributed by atoms with Crippen LogP contribution in [0.2, 0.25) is 0 Å². The Balaban J connectivity index is 1.49. The lowest BCUT2D eigenvalue weighted by atomic mass is 9.99. The van der Waals surface area contributed by atoms with Crippen molar-refractivity contribution in [2.75, 3.05) is 49.6 Å². The summed E-state index contributed by atoms with van der Waals surface area (Å²) < 4.78 is 0. The van der Waals surface area contributed by atoms with Crippen molar-refractivity contribution < 1.29 is 9.90 Å². The number of anilines is 2. The molecule has 29 heavy (non-hydrogen) atoms. The van der Waals surface area contributed by atoms with E-state index in [2.05, 4.69) is 26.8 Å². The highest BCUT2D eigenvalue weighted by molar-refractivity contribution is 5.95. The van der Waals surface area contributed by atoms with Gasteiger partial charge in [-0.25, -0.2) is 9.97 Å². The fourth-order valence-corrected chi connectivity index (χ4v) is 4.19. The van der Waals surface area contributed by atoms with E-state index in [0.29, 0.717) is 37.7 Å². The van der Waals surface area contributed by atoms with Gasteiger partial charge in [0.05, 0.1) is 6.10 Å². The van der Waals surface area contributed by atoms with Crippen molar-refractivity contribution in [2.45, 2.75) is 31.8 Å². The smallest absolute Gasteiger partial charge is 0.253 e. The predicted octanol–water partition coefficient (Wildman–Crippen LogP) is 2.48. The maximum absolute atomic E-state index is 13.1. The van der Waals surface area contributed by atoms with Gasteiger partial charge < -0.3 is 19.8 Å². The second-order valence-electron chi connectivity index (χ2n) is 7.89. The van der Waals surface area contributed by atoms with Crippen molar-refractivity contribution in [3.05, 3.63) is 47.8 Å². The molecule has 0 bridgehead atoms. The van der Waals surface area contributed by atoms with E-state index in [0.717, 1.165) is 43.5 Å². The van der Waals surface area contributed by atoms with Crippen LogP contribution >= 0.6 is 0 Å². The third kappa shape index (κ3) is 4.34. The molecule has 1 aromatic heterocycles. The number of carbonyl (C=O) groups is 1. The van der Waals surface area contributed by atoms with Crippen LogP contribution in [-0.2, 0) is 0 Å². The molecule has 154 valence electrons. The molecule has 0 spiro atoms. The van der Waals surface area contributed by atoms with E-state index >= 15 is 0 Å². The molecule has 1 unspecified atom stereocenters. The first-order chi connectivity index (χ1) is 14.1. The maximum Gasteiger partial charge on any atom is 0.253 e. The quantitative estimate of drug-likeness (QED) is 0.842. The van der Waals surface area contributed by atoms with E-state index < -0.39 is 6.10 Å². The van der Waals surface area contributed by atoms with Crippen molar-refractivity contribution in [3.8, 4) is 0 Å². The number of aromatic nitrogens is 2. The molecule has 1 fully saturated rings. The van der Waals surface area contributed by atoms with E-state index in [1.165, 1.54) is 0 Å². The van der Waals surface area contributed by atoms with Crippen LogP contribution in [0, 0.1) is 0 Å². The SMILES string of the molecule is CN1CCCCCC(O)c2cc(C(=O)N3CCN(c4ncccn4)CC3)ccc21. The zero-order valence-electron chi connectivity index (χ0n) is 17.0. The molecule has 1 aromatic carbocycles. The van der Waals surface area contributed by atoms with Crippen molar-refractivity contribution in [2.24, 2.45) is 0 Å². The molecule has 0 saturated carbocycles. The minimum Gasteiger partial charge on any atom is -0.388 e. The van der Waals surface area contributed by atoms with Crippen molar-refractivity contribution in [3.63, 3.8) is 0 Å². The molecule has 1 atom stereocenters. The van der Waals surface area contributed by atoms with Crippen molar-refractivity contribution >= 4 is 17.5 Å². The van der Waals surface area contributed by atoms with Crippen molar-refractivity contribution in [1.82, 2.24) is 14.9 Å². The van der Waals surface area contributed by atoms with Gasteiger partial charge >= 0.3 is 0 Å². The summed E-state index contributed by atoms with van der Waals surface area (Å²) in [5.74, 6) is 0.735. The van der Waals surface area contributed by atoms with Gasteiger partial charge in [-0.3, -0.25) is 4.79 Å². The van der Waals surface area contributed by atoms with Crippen LogP contribution in [0.3, 0.4) is 0 Å². The monoisotopic (exact) mass is 395 g/mol. The van der Waals surface area contributed by atoms with Crippen LogP contribution in [0.15, 0.2) is 36.7 Å².